The minimum absolute atomic E-state index is 0.181. The minimum atomic E-state index is -4.15. The number of fused-ring (bicyclic) bond motifs is 2. The molecule has 1 aliphatic heterocycles. The fraction of sp³-hybridized carbons (Fsp3) is 0.162. The first-order chi connectivity index (χ1) is 24.4. The molecule has 2 heterocycles. The van der Waals surface area contributed by atoms with Crippen molar-refractivity contribution in [3.63, 3.8) is 0 Å². The summed E-state index contributed by atoms with van der Waals surface area (Å²) in [6.07, 6.45) is 9.82. The first-order valence-electron chi connectivity index (χ1n) is 16.1. The van der Waals surface area contributed by atoms with Crippen LogP contribution in [0.1, 0.15) is 18.7 Å². The highest BCUT2D eigenvalue weighted by molar-refractivity contribution is 7.86. The molecule has 51 heavy (non-hydrogen) atoms. The van der Waals surface area contributed by atoms with E-state index >= 15 is 0 Å². The molecule has 1 aliphatic rings. The summed E-state index contributed by atoms with van der Waals surface area (Å²) in [5.41, 5.74) is 5.12. The first kappa shape index (κ1) is 36.4. The fourth-order valence-corrected chi connectivity index (χ4v) is 7.51. The maximum Gasteiger partial charge on any atom is 0.287 e. The van der Waals surface area contributed by atoms with Gasteiger partial charge < -0.3 is 4.90 Å². The standard InChI is InChI=1S/C37H34Cl2N4O6S2/c38-28-18-20-32-34(26-28)40(22-10-24-50(44,45)46)36(42(32)30-12-4-1-5-13-30)16-8-3-9-17-37-41(23-11-25-51(47,48)49)35-27-29(39)19-21-33(35)43(37)31-14-6-2-7-15-31/h1-9,12-21,26-27H,10-11,22-25H2,(H-,44,45,46,47,48,49)/p+1. The Hall–Kier alpha value is -4.43. The highest BCUT2D eigenvalue weighted by Crippen LogP contribution is 2.47. The van der Waals surface area contributed by atoms with Crippen molar-refractivity contribution in [2.24, 2.45) is 0 Å². The molecule has 0 aliphatic carbocycles. The second-order valence-corrected chi connectivity index (χ2v) is 15.8. The van der Waals surface area contributed by atoms with Gasteiger partial charge in [-0.1, -0.05) is 77.8 Å². The molecule has 0 unspecified atom stereocenters. The summed E-state index contributed by atoms with van der Waals surface area (Å²) in [5, 5.41) is 1.06. The molecule has 0 atom stereocenters. The van der Waals surface area contributed by atoms with Gasteiger partial charge in [0, 0.05) is 40.8 Å². The van der Waals surface area contributed by atoms with Crippen molar-refractivity contribution in [2.45, 2.75) is 19.4 Å². The molecule has 2 N–H and O–H groups in total. The Kier molecular flexibility index (Phi) is 11.0. The number of aryl methyl sites for hydroxylation is 1. The van der Waals surface area contributed by atoms with Crippen molar-refractivity contribution in [3.05, 3.63) is 143 Å². The van der Waals surface area contributed by atoms with Crippen LogP contribution in [0.2, 0.25) is 10.0 Å². The lowest BCUT2D eigenvalue weighted by Gasteiger charge is -2.25. The number of para-hydroxylation sites is 2. The van der Waals surface area contributed by atoms with Crippen LogP contribution >= 0.6 is 23.2 Å². The van der Waals surface area contributed by atoms with E-state index < -0.39 is 20.2 Å². The fourth-order valence-electron chi connectivity index (χ4n) is 6.19. The third kappa shape index (κ3) is 8.73. The summed E-state index contributed by atoms with van der Waals surface area (Å²) in [6, 6.07) is 30.6. The van der Waals surface area contributed by atoms with Gasteiger partial charge in [-0.05, 0) is 67.1 Å². The number of halogens is 2. The lowest BCUT2D eigenvalue weighted by Crippen LogP contribution is -2.37. The van der Waals surface area contributed by atoms with Gasteiger partial charge in [0.2, 0.25) is 0 Å². The molecule has 0 saturated heterocycles. The van der Waals surface area contributed by atoms with E-state index in [0.29, 0.717) is 23.1 Å². The van der Waals surface area contributed by atoms with Gasteiger partial charge in [-0.3, -0.25) is 14.0 Å². The smallest absolute Gasteiger partial charge is 0.287 e. The number of nitrogens with zero attached hydrogens (tertiary/aromatic N) is 4. The van der Waals surface area contributed by atoms with Crippen LogP contribution in [-0.4, -0.2) is 48.6 Å². The Bertz CT molecular complexity index is 2360. The molecule has 264 valence electrons. The van der Waals surface area contributed by atoms with E-state index in [1.54, 1.807) is 12.1 Å². The topological polar surface area (TPSA) is 124 Å². The van der Waals surface area contributed by atoms with Crippen LogP contribution in [-0.2, 0) is 26.8 Å². The Balaban J connectivity index is 1.41. The molecule has 0 spiro atoms. The number of hydrogen-bond acceptors (Lipinski definition) is 6. The molecule has 0 fully saturated rings. The Morgan fingerprint density at radius 1 is 0.686 bits per heavy atom. The molecule has 1 aromatic heterocycles. The zero-order valence-corrected chi connectivity index (χ0v) is 30.4. The number of benzene rings is 4. The minimum Gasteiger partial charge on any atom is -0.326 e. The lowest BCUT2D eigenvalue weighted by molar-refractivity contribution is -0.673. The molecule has 4 aromatic carbocycles. The predicted octanol–water partition coefficient (Wildman–Crippen LogP) is 7.85. The van der Waals surface area contributed by atoms with Gasteiger partial charge in [-0.15, -0.1) is 0 Å². The van der Waals surface area contributed by atoms with Crippen molar-refractivity contribution in [1.82, 2.24) is 4.57 Å². The average Bonchev–Trinajstić information content (AvgIpc) is 3.55. The monoisotopic (exact) mass is 765 g/mol. The lowest BCUT2D eigenvalue weighted by atomic mass is 10.2. The number of allylic oxidation sites excluding steroid dienone is 4. The van der Waals surface area contributed by atoms with Crippen molar-refractivity contribution in [2.75, 3.05) is 27.9 Å². The van der Waals surface area contributed by atoms with Gasteiger partial charge >= 0.3 is 0 Å². The van der Waals surface area contributed by atoms with Crippen LogP contribution in [0.15, 0.2) is 127 Å². The number of aromatic nitrogens is 2. The van der Waals surface area contributed by atoms with Crippen LogP contribution in [0.4, 0.5) is 17.1 Å². The normalized spacial score (nSPS) is 14.5. The van der Waals surface area contributed by atoms with Crippen LogP contribution in [0.25, 0.3) is 22.8 Å². The van der Waals surface area contributed by atoms with Crippen molar-refractivity contribution >= 4 is 77.6 Å². The van der Waals surface area contributed by atoms with Gasteiger partial charge in [-0.25, -0.2) is 4.57 Å². The quantitative estimate of drug-likeness (QED) is 0.0706. The number of imidazole rings is 1. The predicted molar refractivity (Wildman–Crippen MR) is 204 cm³/mol. The summed E-state index contributed by atoms with van der Waals surface area (Å²) >= 11 is 12.9. The van der Waals surface area contributed by atoms with E-state index in [4.69, 9.17) is 23.2 Å². The Morgan fingerprint density at radius 2 is 1.31 bits per heavy atom. The Morgan fingerprint density at radius 3 is 2.00 bits per heavy atom. The van der Waals surface area contributed by atoms with Gasteiger partial charge in [0.15, 0.2) is 11.0 Å². The van der Waals surface area contributed by atoms with E-state index in [2.05, 4.69) is 9.47 Å². The van der Waals surface area contributed by atoms with E-state index in [0.717, 1.165) is 45.4 Å². The molecular weight excluding hydrogens is 731 g/mol. The molecule has 0 saturated carbocycles. The second kappa shape index (κ2) is 15.4. The van der Waals surface area contributed by atoms with E-state index in [1.807, 2.05) is 125 Å². The first-order valence-corrected chi connectivity index (χ1v) is 20.0. The van der Waals surface area contributed by atoms with Crippen LogP contribution in [0.5, 0.6) is 0 Å². The van der Waals surface area contributed by atoms with Crippen LogP contribution in [0.3, 0.4) is 0 Å². The second-order valence-electron chi connectivity index (χ2n) is 11.8. The van der Waals surface area contributed by atoms with E-state index in [-0.39, 0.29) is 24.3 Å². The number of anilines is 3. The van der Waals surface area contributed by atoms with Gasteiger partial charge in [-0.2, -0.15) is 21.4 Å². The molecule has 0 radical (unpaired) electrons. The summed E-state index contributed by atoms with van der Waals surface area (Å²) in [6.45, 7) is 0.602. The third-order valence-corrected chi connectivity index (χ3v) is 10.3. The van der Waals surface area contributed by atoms with E-state index in [1.165, 1.54) is 0 Å². The van der Waals surface area contributed by atoms with Crippen LogP contribution in [0, 0.1) is 0 Å². The van der Waals surface area contributed by atoms with Gasteiger partial charge in [0.05, 0.1) is 29.4 Å². The van der Waals surface area contributed by atoms with Gasteiger partial charge in [0.1, 0.15) is 11.5 Å². The van der Waals surface area contributed by atoms with E-state index in [9.17, 15) is 25.9 Å². The number of rotatable bonds is 13. The average molecular weight is 767 g/mol. The highest BCUT2D eigenvalue weighted by Gasteiger charge is 2.32. The largest absolute Gasteiger partial charge is 0.326 e. The summed E-state index contributed by atoms with van der Waals surface area (Å²) in [7, 11) is -8.30. The van der Waals surface area contributed by atoms with Crippen molar-refractivity contribution in [1.29, 1.82) is 0 Å². The molecule has 5 aromatic rings. The summed E-state index contributed by atoms with van der Waals surface area (Å²) < 4.78 is 69.2. The highest BCUT2D eigenvalue weighted by atomic mass is 35.5. The number of hydrogen-bond donors (Lipinski definition) is 2. The molecule has 6 rings (SSSR count). The maximum atomic E-state index is 11.6. The van der Waals surface area contributed by atoms with Crippen molar-refractivity contribution in [3.8, 4) is 5.69 Å². The zero-order valence-electron chi connectivity index (χ0n) is 27.3. The molecule has 0 amide bonds. The summed E-state index contributed by atoms with van der Waals surface area (Å²) in [5.74, 6) is 0.738. The van der Waals surface area contributed by atoms with Crippen LogP contribution < -0.4 is 14.4 Å². The molecule has 0 bridgehead atoms. The van der Waals surface area contributed by atoms with Gasteiger partial charge in [0.25, 0.3) is 26.1 Å². The Labute approximate surface area is 307 Å². The SMILES string of the molecule is O=S(=O)(O)CCCN1/C(=C/C=C/C=C/c2n(-c3ccccc3)c3ccc(Cl)cc3[n+]2CCCS(=O)(=O)O)N(c2ccccc2)c2ccc(Cl)cc21. The molecule has 10 nitrogen and oxygen atoms in total. The summed E-state index contributed by atoms with van der Waals surface area (Å²) in [4.78, 5) is 4.04. The zero-order chi connectivity index (χ0) is 36.2. The molecule has 14 heteroatoms. The maximum absolute atomic E-state index is 11.6. The molecular formula is C37H35Cl2N4O6S2+. The van der Waals surface area contributed by atoms with Crippen molar-refractivity contribution < 1.29 is 30.5 Å². The third-order valence-electron chi connectivity index (χ3n) is 8.26.